The normalized spacial score (nSPS) is 18.9. The fraction of sp³-hybridized carbons (Fsp3) is 0.500. The van der Waals surface area contributed by atoms with Crippen molar-refractivity contribution in [3.63, 3.8) is 0 Å². The SMILES string of the molecule is OC[C@H](c1c(Cl)ccc(Cl)c1Cl)N1CCNCC1. The molecule has 1 aromatic carbocycles. The van der Waals surface area contributed by atoms with Crippen molar-refractivity contribution in [2.75, 3.05) is 32.8 Å². The predicted molar refractivity (Wildman–Crippen MR) is 75.7 cm³/mol. The molecular formula is C12H15Cl3N2O. The number of rotatable bonds is 3. The van der Waals surface area contributed by atoms with E-state index in [4.69, 9.17) is 34.8 Å². The molecule has 1 heterocycles. The first kappa shape index (κ1) is 14.4. The zero-order chi connectivity index (χ0) is 13.1. The summed E-state index contributed by atoms with van der Waals surface area (Å²) in [6.45, 7) is 3.47. The van der Waals surface area contributed by atoms with Crippen LogP contribution in [0.3, 0.4) is 0 Å². The molecule has 1 saturated heterocycles. The smallest absolute Gasteiger partial charge is 0.0655 e. The van der Waals surface area contributed by atoms with Gasteiger partial charge in [0.05, 0.1) is 22.7 Å². The van der Waals surface area contributed by atoms with Crippen LogP contribution in [0, 0.1) is 0 Å². The molecular weight excluding hydrogens is 295 g/mol. The zero-order valence-corrected chi connectivity index (χ0v) is 12.1. The molecule has 0 amide bonds. The number of aliphatic hydroxyl groups excluding tert-OH is 1. The summed E-state index contributed by atoms with van der Waals surface area (Å²) in [5, 5.41) is 14.4. The molecule has 3 nitrogen and oxygen atoms in total. The summed E-state index contributed by atoms with van der Waals surface area (Å²) in [6.07, 6.45) is 0. The molecule has 2 N–H and O–H groups in total. The molecule has 1 aliphatic heterocycles. The average Bonchev–Trinajstić information content (AvgIpc) is 2.40. The van der Waals surface area contributed by atoms with E-state index in [0.29, 0.717) is 15.1 Å². The summed E-state index contributed by atoms with van der Waals surface area (Å²) >= 11 is 18.4. The largest absolute Gasteiger partial charge is 0.394 e. The summed E-state index contributed by atoms with van der Waals surface area (Å²) in [5.74, 6) is 0. The highest BCUT2D eigenvalue weighted by atomic mass is 35.5. The number of hydrogen-bond acceptors (Lipinski definition) is 3. The number of halogens is 3. The van der Waals surface area contributed by atoms with Crippen LogP contribution >= 0.6 is 34.8 Å². The molecule has 1 fully saturated rings. The third kappa shape index (κ3) is 2.93. The van der Waals surface area contributed by atoms with E-state index in [0.717, 1.165) is 31.7 Å². The van der Waals surface area contributed by atoms with Crippen molar-refractivity contribution >= 4 is 34.8 Å². The number of aliphatic hydroxyl groups is 1. The van der Waals surface area contributed by atoms with Gasteiger partial charge in [0.15, 0.2) is 0 Å². The van der Waals surface area contributed by atoms with Gasteiger partial charge in [-0.05, 0) is 12.1 Å². The Kier molecular flexibility index (Phi) is 5.13. The second-order valence-electron chi connectivity index (χ2n) is 4.24. The molecule has 1 aromatic rings. The van der Waals surface area contributed by atoms with Crippen LogP contribution in [-0.4, -0.2) is 42.8 Å². The van der Waals surface area contributed by atoms with Crippen LogP contribution < -0.4 is 5.32 Å². The minimum Gasteiger partial charge on any atom is -0.394 e. The topological polar surface area (TPSA) is 35.5 Å². The number of piperazine rings is 1. The van der Waals surface area contributed by atoms with Crippen LogP contribution in [-0.2, 0) is 0 Å². The Balaban J connectivity index is 2.34. The predicted octanol–water partition coefficient (Wildman–Crippen LogP) is 2.59. The van der Waals surface area contributed by atoms with Gasteiger partial charge in [-0.1, -0.05) is 34.8 Å². The lowest BCUT2D eigenvalue weighted by Gasteiger charge is -2.35. The summed E-state index contributed by atoms with van der Waals surface area (Å²) < 4.78 is 0. The highest BCUT2D eigenvalue weighted by Gasteiger charge is 2.26. The summed E-state index contributed by atoms with van der Waals surface area (Å²) in [7, 11) is 0. The Hall–Kier alpha value is -0.0300. The quantitative estimate of drug-likeness (QED) is 0.843. The summed E-state index contributed by atoms with van der Waals surface area (Å²) in [5.41, 5.74) is 0.718. The van der Waals surface area contributed by atoms with Crippen LogP contribution in [0.2, 0.25) is 15.1 Å². The van der Waals surface area contributed by atoms with E-state index in [-0.39, 0.29) is 12.6 Å². The molecule has 0 radical (unpaired) electrons. The lowest BCUT2D eigenvalue weighted by atomic mass is 10.0. The number of benzene rings is 1. The van der Waals surface area contributed by atoms with Gasteiger partial charge in [-0.3, -0.25) is 4.90 Å². The lowest BCUT2D eigenvalue weighted by Crippen LogP contribution is -2.46. The minimum atomic E-state index is -0.203. The zero-order valence-electron chi connectivity index (χ0n) is 9.80. The molecule has 0 unspecified atom stereocenters. The molecule has 2 rings (SSSR count). The molecule has 100 valence electrons. The molecule has 0 spiro atoms. The standard InChI is InChI=1S/C12H15Cl3N2O/c13-8-1-2-9(14)12(15)11(8)10(7-18)17-5-3-16-4-6-17/h1-2,10,16,18H,3-7H2/t10-/m1/s1. The Morgan fingerprint density at radius 2 is 1.78 bits per heavy atom. The van der Waals surface area contributed by atoms with E-state index in [1.807, 2.05) is 0 Å². The van der Waals surface area contributed by atoms with Crippen molar-refractivity contribution in [1.29, 1.82) is 0 Å². The van der Waals surface area contributed by atoms with E-state index in [9.17, 15) is 5.11 Å². The molecule has 6 heteroatoms. The second kappa shape index (κ2) is 6.42. The van der Waals surface area contributed by atoms with E-state index >= 15 is 0 Å². The third-order valence-corrected chi connectivity index (χ3v) is 4.33. The number of hydrogen-bond donors (Lipinski definition) is 2. The average molecular weight is 310 g/mol. The molecule has 0 bridgehead atoms. The van der Waals surface area contributed by atoms with Crippen LogP contribution in [0.5, 0.6) is 0 Å². The monoisotopic (exact) mass is 308 g/mol. The first-order valence-electron chi connectivity index (χ1n) is 5.84. The Morgan fingerprint density at radius 3 is 2.39 bits per heavy atom. The van der Waals surface area contributed by atoms with Gasteiger partial charge in [0.25, 0.3) is 0 Å². The highest BCUT2D eigenvalue weighted by Crippen LogP contribution is 2.37. The van der Waals surface area contributed by atoms with Crippen LogP contribution in [0.25, 0.3) is 0 Å². The Labute approximate surface area is 122 Å². The van der Waals surface area contributed by atoms with Crippen LogP contribution in [0.1, 0.15) is 11.6 Å². The maximum Gasteiger partial charge on any atom is 0.0655 e. The van der Waals surface area contributed by atoms with Crippen molar-refractivity contribution in [2.45, 2.75) is 6.04 Å². The Bertz CT molecular complexity index is 422. The Morgan fingerprint density at radius 1 is 1.17 bits per heavy atom. The summed E-state index contributed by atoms with van der Waals surface area (Å²) in [6, 6.07) is 3.18. The van der Waals surface area contributed by atoms with Gasteiger partial charge in [0.1, 0.15) is 0 Å². The molecule has 1 atom stereocenters. The van der Waals surface area contributed by atoms with Gasteiger partial charge in [-0.15, -0.1) is 0 Å². The molecule has 0 aliphatic carbocycles. The first-order chi connectivity index (χ1) is 8.65. The molecule has 0 saturated carbocycles. The van der Waals surface area contributed by atoms with E-state index < -0.39 is 0 Å². The fourth-order valence-electron chi connectivity index (χ4n) is 2.23. The van der Waals surface area contributed by atoms with Crippen molar-refractivity contribution in [2.24, 2.45) is 0 Å². The van der Waals surface area contributed by atoms with Gasteiger partial charge in [-0.2, -0.15) is 0 Å². The molecule has 18 heavy (non-hydrogen) atoms. The van der Waals surface area contributed by atoms with E-state index in [1.54, 1.807) is 12.1 Å². The first-order valence-corrected chi connectivity index (χ1v) is 6.97. The third-order valence-electron chi connectivity index (χ3n) is 3.18. The fourth-order valence-corrected chi connectivity index (χ4v) is 3.02. The number of nitrogens with one attached hydrogen (secondary N) is 1. The maximum absolute atomic E-state index is 9.65. The lowest BCUT2D eigenvalue weighted by molar-refractivity contribution is 0.111. The van der Waals surface area contributed by atoms with Crippen molar-refractivity contribution in [3.05, 3.63) is 32.8 Å². The molecule has 0 aromatic heterocycles. The van der Waals surface area contributed by atoms with Crippen molar-refractivity contribution < 1.29 is 5.11 Å². The maximum atomic E-state index is 9.65. The van der Waals surface area contributed by atoms with Gasteiger partial charge in [-0.25, -0.2) is 0 Å². The molecule has 1 aliphatic rings. The van der Waals surface area contributed by atoms with Crippen LogP contribution in [0.15, 0.2) is 12.1 Å². The second-order valence-corrected chi connectivity index (χ2v) is 5.43. The van der Waals surface area contributed by atoms with Gasteiger partial charge in [0.2, 0.25) is 0 Å². The summed E-state index contributed by atoms with van der Waals surface area (Å²) in [4.78, 5) is 2.17. The number of nitrogens with zero attached hydrogens (tertiary/aromatic N) is 1. The van der Waals surface area contributed by atoms with Crippen molar-refractivity contribution in [1.82, 2.24) is 10.2 Å². The van der Waals surface area contributed by atoms with Crippen LogP contribution in [0.4, 0.5) is 0 Å². The highest BCUT2D eigenvalue weighted by molar-refractivity contribution is 6.44. The van der Waals surface area contributed by atoms with Gasteiger partial charge in [0, 0.05) is 36.8 Å². The minimum absolute atomic E-state index is 0.0280. The van der Waals surface area contributed by atoms with E-state index in [1.165, 1.54) is 0 Å². The van der Waals surface area contributed by atoms with Crippen molar-refractivity contribution in [3.8, 4) is 0 Å². The van der Waals surface area contributed by atoms with E-state index in [2.05, 4.69) is 10.2 Å². The van der Waals surface area contributed by atoms with Gasteiger partial charge < -0.3 is 10.4 Å². The van der Waals surface area contributed by atoms with Gasteiger partial charge >= 0.3 is 0 Å².